The van der Waals surface area contributed by atoms with E-state index in [1.165, 1.54) is 4.57 Å². The summed E-state index contributed by atoms with van der Waals surface area (Å²) >= 11 is 0. The van der Waals surface area contributed by atoms with Crippen molar-refractivity contribution in [3.63, 3.8) is 0 Å². The number of rotatable bonds is 0. The Morgan fingerprint density at radius 2 is 2.25 bits per heavy atom. The Morgan fingerprint density at radius 3 is 3.00 bits per heavy atom. The Balaban J connectivity index is 2.92. The van der Waals surface area contributed by atoms with Gasteiger partial charge in [0.25, 0.3) is 0 Å². The van der Waals surface area contributed by atoms with Gasteiger partial charge in [0.1, 0.15) is 11.3 Å². The van der Waals surface area contributed by atoms with Crippen LogP contribution in [0.1, 0.15) is 5.82 Å². The van der Waals surface area contributed by atoms with Crippen molar-refractivity contribution in [2.45, 2.75) is 6.92 Å². The molecule has 2 heterocycles. The molecule has 0 saturated carbocycles. The van der Waals surface area contributed by atoms with Crippen LogP contribution in [0.3, 0.4) is 0 Å². The zero-order chi connectivity index (χ0) is 8.72. The van der Waals surface area contributed by atoms with Crippen LogP contribution in [-0.2, 0) is 7.05 Å². The number of aromatic amines is 1. The molecular weight excluding hydrogens is 156 g/mol. The van der Waals surface area contributed by atoms with Crippen LogP contribution in [-0.4, -0.2) is 19.5 Å². The molecule has 2 aromatic heterocycles. The Kier molecular flexibility index (Phi) is 1.27. The van der Waals surface area contributed by atoms with Crippen LogP contribution in [0.15, 0.2) is 11.0 Å². The van der Waals surface area contributed by atoms with Gasteiger partial charge in [-0.15, -0.1) is 0 Å². The van der Waals surface area contributed by atoms with Gasteiger partial charge < -0.3 is 9.55 Å². The van der Waals surface area contributed by atoms with Crippen molar-refractivity contribution in [1.29, 1.82) is 0 Å². The van der Waals surface area contributed by atoms with Gasteiger partial charge in [-0.05, 0) is 6.92 Å². The summed E-state index contributed by atoms with van der Waals surface area (Å²) in [4.78, 5) is 21.8. The molecule has 5 heteroatoms. The molecule has 0 aliphatic carbocycles. The molecule has 2 rings (SSSR count). The third-order valence-electron chi connectivity index (χ3n) is 1.66. The highest BCUT2D eigenvalue weighted by Gasteiger charge is 2.01. The molecule has 0 bridgehead atoms. The molecule has 0 atom stereocenters. The minimum absolute atomic E-state index is 0.283. The fourth-order valence-corrected chi connectivity index (χ4v) is 1.09. The maximum absolute atomic E-state index is 11.0. The van der Waals surface area contributed by atoms with Crippen molar-refractivity contribution in [3.05, 3.63) is 22.5 Å². The first-order valence-electron chi connectivity index (χ1n) is 3.57. The lowest BCUT2D eigenvalue weighted by atomic mass is 10.5. The van der Waals surface area contributed by atoms with E-state index in [1.54, 1.807) is 13.2 Å². The van der Waals surface area contributed by atoms with E-state index in [4.69, 9.17) is 0 Å². The molecule has 0 amide bonds. The largest absolute Gasteiger partial charge is 0.349 e. The lowest BCUT2D eigenvalue weighted by molar-refractivity contribution is 0.824. The second-order valence-electron chi connectivity index (χ2n) is 2.69. The van der Waals surface area contributed by atoms with Crippen molar-refractivity contribution in [2.75, 3.05) is 0 Å². The molecule has 0 aliphatic rings. The summed E-state index contributed by atoms with van der Waals surface area (Å²) < 4.78 is 1.42. The van der Waals surface area contributed by atoms with Crippen LogP contribution < -0.4 is 5.69 Å². The molecule has 12 heavy (non-hydrogen) atoms. The Bertz CT molecular complexity index is 482. The van der Waals surface area contributed by atoms with Gasteiger partial charge in [-0.2, -0.15) is 4.98 Å². The summed E-state index contributed by atoms with van der Waals surface area (Å²) in [5.74, 6) is 0.767. The van der Waals surface area contributed by atoms with Gasteiger partial charge in [-0.25, -0.2) is 9.78 Å². The predicted octanol–water partition coefficient (Wildman–Crippen LogP) is -0.0350. The molecule has 0 radical (unpaired) electrons. The van der Waals surface area contributed by atoms with Crippen molar-refractivity contribution in [1.82, 2.24) is 19.5 Å². The van der Waals surface area contributed by atoms with Crippen molar-refractivity contribution < 1.29 is 0 Å². The number of fused-ring (bicyclic) bond motifs is 1. The summed E-state index contributed by atoms with van der Waals surface area (Å²) in [6.45, 7) is 1.83. The molecule has 0 fully saturated rings. The van der Waals surface area contributed by atoms with E-state index >= 15 is 0 Å². The van der Waals surface area contributed by atoms with Crippen LogP contribution in [0, 0.1) is 6.92 Å². The van der Waals surface area contributed by atoms with Gasteiger partial charge in [-0.3, -0.25) is 0 Å². The fourth-order valence-electron chi connectivity index (χ4n) is 1.09. The highest BCUT2D eigenvalue weighted by molar-refractivity contribution is 5.68. The predicted molar refractivity (Wildman–Crippen MR) is 43.9 cm³/mol. The van der Waals surface area contributed by atoms with E-state index in [1.807, 2.05) is 6.92 Å². The summed E-state index contributed by atoms with van der Waals surface area (Å²) in [7, 11) is 1.66. The summed E-state index contributed by atoms with van der Waals surface area (Å²) in [6, 6.07) is 0. The average Bonchev–Trinajstić information content (AvgIpc) is 2.30. The first-order valence-corrected chi connectivity index (χ1v) is 3.57. The summed E-state index contributed by atoms with van der Waals surface area (Å²) in [5, 5.41) is 0. The third kappa shape index (κ3) is 0.903. The van der Waals surface area contributed by atoms with E-state index in [2.05, 4.69) is 15.0 Å². The molecule has 0 saturated heterocycles. The first kappa shape index (κ1) is 7.02. The number of imidazole rings is 1. The maximum Gasteiger partial charge on any atom is 0.349 e. The molecule has 0 aliphatic heterocycles. The lowest BCUT2D eigenvalue weighted by Gasteiger charge is -1.92. The number of hydrogen-bond donors (Lipinski definition) is 1. The standard InChI is InChI=1S/C7H8N4O/c1-4-8-5-3-11(2)7(12)10-6(5)9-4/h3H,1-2H3,(H,8,9,10,12). The minimum Gasteiger partial charge on any atom is -0.340 e. The van der Waals surface area contributed by atoms with Gasteiger partial charge >= 0.3 is 5.69 Å². The molecule has 0 unspecified atom stereocenters. The number of H-pyrrole nitrogens is 1. The van der Waals surface area contributed by atoms with Gasteiger partial charge in [0.2, 0.25) is 0 Å². The number of aryl methyl sites for hydroxylation is 2. The van der Waals surface area contributed by atoms with Crippen LogP contribution >= 0.6 is 0 Å². The minimum atomic E-state index is -0.283. The van der Waals surface area contributed by atoms with Crippen LogP contribution in [0.4, 0.5) is 0 Å². The molecule has 2 aromatic rings. The molecule has 0 spiro atoms. The second kappa shape index (κ2) is 2.17. The van der Waals surface area contributed by atoms with Crippen LogP contribution in [0.2, 0.25) is 0 Å². The van der Waals surface area contributed by atoms with Crippen molar-refractivity contribution in [2.24, 2.45) is 7.05 Å². The molecule has 5 nitrogen and oxygen atoms in total. The summed E-state index contributed by atoms with van der Waals surface area (Å²) in [5.41, 5.74) is 0.985. The van der Waals surface area contributed by atoms with Crippen LogP contribution in [0.5, 0.6) is 0 Å². The molecule has 62 valence electrons. The average molecular weight is 164 g/mol. The lowest BCUT2D eigenvalue weighted by Crippen LogP contribution is -2.18. The topological polar surface area (TPSA) is 63.6 Å². The van der Waals surface area contributed by atoms with E-state index in [0.29, 0.717) is 5.65 Å². The SMILES string of the molecule is Cc1nc2nc(=O)n(C)cc2[nH]1. The second-order valence-corrected chi connectivity index (χ2v) is 2.69. The number of nitrogens with one attached hydrogen (secondary N) is 1. The van der Waals surface area contributed by atoms with E-state index < -0.39 is 0 Å². The third-order valence-corrected chi connectivity index (χ3v) is 1.66. The van der Waals surface area contributed by atoms with Crippen molar-refractivity contribution in [3.8, 4) is 0 Å². The number of nitrogens with zero attached hydrogens (tertiary/aromatic N) is 3. The fraction of sp³-hybridized carbons (Fsp3) is 0.286. The monoisotopic (exact) mass is 164 g/mol. The smallest absolute Gasteiger partial charge is 0.340 e. The zero-order valence-corrected chi connectivity index (χ0v) is 6.83. The van der Waals surface area contributed by atoms with Gasteiger partial charge in [0.05, 0.1) is 0 Å². The molecule has 0 aromatic carbocycles. The van der Waals surface area contributed by atoms with E-state index in [-0.39, 0.29) is 5.69 Å². The molecular formula is C7H8N4O. The van der Waals surface area contributed by atoms with Crippen LogP contribution in [0.25, 0.3) is 11.2 Å². The zero-order valence-electron chi connectivity index (χ0n) is 6.83. The Morgan fingerprint density at radius 1 is 1.50 bits per heavy atom. The quantitative estimate of drug-likeness (QED) is 0.594. The highest BCUT2D eigenvalue weighted by Crippen LogP contribution is 2.03. The van der Waals surface area contributed by atoms with Crippen molar-refractivity contribution >= 4 is 11.2 Å². The Hall–Kier alpha value is -1.65. The van der Waals surface area contributed by atoms with E-state index in [0.717, 1.165) is 11.3 Å². The first-order chi connectivity index (χ1) is 5.66. The summed E-state index contributed by atoms with van der Waals surface area (Å²) in [6.07, 6.45) is 1.69. The normalized spacial score (nSPS) is 10.8. The number of aromatic nitrogens is 4. The number of hydrogen-bond acceptors (Lipinski definition) is 3. The van der Waals surface area contributed by atoms with E-state index in [9.17, 15) is 4.79 Å². The van der Waals surface area contributed by atoms with Gasteiger partial charge in [-0.1, -0.05) is 0 Å². The molecule has 1 N–H and O–H groups in total. The maximum atomic E-state index is 11.0. The van der Waals surface area contributed by atoms with Gasteiger partial charge in [0.15, 0.2) is 5.65 Å². The highest BCUT2D eigenvalue weighted by atomic mass is 16.1. The Labute approximate surface area is 68.1 Å². The van der Waals surface area contributed by atoms with Gasteiger partial charge in [0, 0.05) is 13.2 Å².